The number of piperidine rings is 1. The number of amides is 6. The van der Waals surface area contributed by atoms with Crippen LogP contribution in [-0.2, 0) is 29.3 Å². The summed E-state index contributed by atoms with van der Waals surface area (Å²) in [6.07, 6.45) is 2.65. The second-order valence-corrected chi connectivity index (χ2v) is 15.2. The number of nitrogens with one attached hydrogen (secondary N) is 4. The third-order valence-corrected chi connectivity index (χ3v) is 10.0. The molecule has 4 aromatic rings. The monoisotopic (exact) mass is 792 g/mol. The summed E-state index contributed by atoms with van der Waals surface area (Å²) in [4.78, 5) is 81.9. The van der Waals surface area contributed by atoms with Crippen molar-refractivity contribution >= 4 is 52.0 Å². The molecule has 0 bridgehead atoms. The van der Waals surface area contributed by atoms with Crippen molar-refractivity contribution in [3.63, 3.8) is 0 Å². The van der Waals surface area contributed by atoms with E-state index in [1.807, 2.05) is 31.2 Å². The number of hydrogen-bond donors (Lipinski definition) is 5. The molecule has 0 radical (unpaired) electrons. The molecule has 0 saturated carbocycles. The number of anilines is 1. The minimum absolute atomic E-state index is 0.00230. The Morgan fingerprint density at radius 1 is 0.983 bits per heavy atom. The smallest absolute Gasteiger partial charge is 0.264 e. The van der Waals surface area contributed by atoms with Crippen molar-refractivity contribution in [2.24, 2.45) is 0 Å². The van der Waals surface area contributed by atoms with Crippen LogP contribution in [0, 0.1) is 0 Å². The lowest BCUT2D eigenvalue weighted by Gasteiger charge is -2.27. The van der Waals surface area contributed by atoms with Gasteiger partial charge in [0.15, 0.2) is 0 Å². The lowest BCUT2D eigenvalue weighted by molar-refractivity contribution is -0.136. The molecule has 58 heavy (non-hydrogen) atoms. The van der Waals surface area contributed by atoms with Crippen LogP contribution in [0.3, 0.4) is 0 Å². The van der Waals surface area contributed by atoms with Gasteiger partial charge in [-0.3, -0.25) is 44.0 Å². The minimum Gasteiger partial charge on any atom is -0.505 e. The first-order chi connectivity index (χ1) is 27.8. The summed E-state index contributed by atoms with van der Waals surface area (Å²) in [7, 11) is 0. The molecule has 1 fully saturated rings. The second kappa shape index (κ2) is 17.9. The van der Waals surface area contributed by atoms with Crippen molar-refractivity contribution in [1.82, 2.24) is 25.8 Å². The average molecular weight is 793 g/mol. The van der Waals surface area contributed by atoms with E-state index in [2.05, 4.69) is 47.0 Å². The quantitative estimate of drug-likeness (QED) is 0.0608. The van der Waals surface area contributed by atoms with Gasteiger partial charge in [-0.2, -0.15) is 0 Å². The Kier molecular flexibility index (Phi) is 12.8. The number of carbonyl (C=O) groups excluding carboxylic acids is 6. The number of fused-ring (bicyclic) bond motifs is 2. The number of carbonyl (C=O) groups is 6. The molecule has 304 valence electrons. The Balaban J connectivity index is 1.01. The fraction of sp³-hybridized carbons (Fsp3) is 0.372. The summed E-state index contributed by atoms with van der Waals surface area (Å²) >= 11 is 0. The van der Waals surface area contributed by atoms with Crippen LogP contribution in [0.2, 0.25) is 0 Å². The topological polar surface area (TPSA) is 205 Å². The third kappa shape index (κ3) is 9.00. The Morgan fingerprint density at radius 2 is 1.76 bits per heavy atom. The average Bonchev–Trinajstić information content (AvgIpc) is 3.45. The first kappa shape index (κ1) is 41.4. The van der Waals surface area contributed by atoms with Gasteiger partial charge in [-0.15, -0.1) is 0 Å². The second-order valence-electron chi connectivity index (χ2n) is 15.2. The van der Waals surface area contributed by atoms with Gasteiger partial charge >= 0.3 is 0 Å². The van der Waals surface area contributed by atoms with E-state index in [0.29, 0.717) is 40.7 Å². The predicted octanol–water partition coefficient (Wildman–Crippen LogP) is 4.48. The molecule has 1 aromatic heterocycles. The van der Waals surface area contributed by atoms with E-state index in [0.717, 1.165) is 15.8 Å². The number of ether oxygens (including phenoxy) is 2. The summed E-state index contributed by atoms with van der Waals surface area (Å²) in [5.41, 5.74) is 3.22. The molecule has 6 amide bonds. The number of rotatable bonds is 16. The van der Waals surface area contributed by atoms with Gasteiger partial charge in [-0.05, 0) is 65.8 Å². The maximum atomic E-state index is 13.3. The lowest BCUT2D eigenvalue weighted by atomic mass is 9.81. The molecule has 1 saturated heterocycles. The normalized spacial score (nSPS) is 15.9. The highest BCUT2D eigenvalue weighted by atomic mass is 16.5. The van der Waals surface area contributed by atoms with E-state index in [-0.39, 0.29) is 80.0 Å². The fourth-order valence-corrected chi connectivity index (χ4v) is 7.17. The molecule has 15 heteroatoms. The highest BCUT2D eigenvalue weighted by molar-refractivity contribution is 6.25. The number of hydrogen-bond acceptors (Lipinski definition) is 11. The first-order valence-corrected chi connectivity index (χ1v) is 19.3. The third-order valence-electron chi connectivity index (χ3n) is 10.0. The van der Waals surface area contributed by atoms with Crippen LogP contribution in [0.15, 0.2) is 66.9 Å². The van der Waals surface area contributed by atoms with Gasteiger partial charge in [-0.1, -0.05) is 52.0 Å². The molecule has 2 aliphatic heterocycles. The van der Waals surface area contributed by atoms with Gasteiger partial charge < -0.3 is 30.5 Å². The SMILES string of the molecule is CCCC(=O)NC(c1cccc(C(=O)NCCOCCOCNc2cccc3c2C(=O)N(C2CCC(=O)NC2=O)C3=O)c1)c1cc(C(C)(C)C)c2cccnc2c1O. The van der Waals surface area contributed by atoms with Crippen LogP contribution < -0.4 is 21.3 Å². The van der Waals surface area contributed by atoms with Crippen molar-refractivity contribution in [3.05, 3.63) is 100 Å². The highest BCUT2D eigenvalue weighted by Crippen LogP contribution is 2.41. The minimum atomic E-state index is -1.06. The maximum Gasteiger partial charge on any atom is 0.264 e. The van der Waals surface area contributed by atoms with Gasteiger partial charge in [0.05, 0.1) is 37.0 Å². The first-order valence-electron chi connectivity index (χ1n) is 19.3. The highest BCUT2D eigenvalue weighted by Gasteiger charge is 2.45. The molecule has 3 heterocycles. The van der Waals surface area contributed by atoms with E-state index < -0.39 is 35.7 Å². The molecule has 15 nitrogen and oxygen atoms in total. The Bertz CT molecular complexity index is 2250. The number of imide groups is 2. The van der Waals surface area contributed by atoms with Crippen molar-refractivity contribution in [1.29, 1.82) is 0 Å². The van der Waals surface area contributed by atoms with Crippen LogP contribution in [0.5, 0.6) is 5.75 Å². The Hall–Kier alpha value is -6.19. The zero-order chi connectivity index (χ0) is 41.6. The number of aromatic hydroxyl groups is 1. The zero-order valence-electron chi connectivity index (χ0n) is 33.0. The van der Waals surface area contributed by atoms with E-state index >= 15 is 0 Å². The van der Waals surface area contributed by atoms with Gasteiger partial charge in [0.2, 0.25) is 17.7 Å². The van der Waals surface area contributed by atoms with Crippen LogP contribution >= 0.6 is 0 Å². The predicted molar refractivity (Wildman–Crippen MR) is 214 cm³/mol. The van der Waals surface area contributed by atoms with E-state index in [4.69, 9.17) is 9.47 Å². The lowest BCUT2D eigenvalue weighted by Crippen LogP contribution is -2.54. The summed E-state index contributed by atoms with van der Waals surface area (Å²) in [6.45, 7) is 8.94. The molecular formula is C43H48N6O9. The molecule has 2 aliphatic rings. The van der Waals surface area contributed by atoms with Gasteiger partial charge in [0.1, 0.15) is 24.0 Å². The molecule has 2 unspecified atom stereocenters. The van der Waals surface area contributed by atoms with E-state index in [1.54, 1.807) is 36.5 Å². The van der Waals surface area contributed by atoms with Crippen LogP contribution in [-0.4, -0.2) is 89.6 Å². The zero-order valence-corrected chi connectivity index (χ0v) is 33.0. The number of nitrogens with zero attached hydrogens (tertiary/aromatic N) is 2. The van der Waals surface area contributed by atoms with Crippen molar-refractivity contribution in [3.8, 4) is 5.75 Å². The maximum absolute atomic E-state index is 13.3. The number of phenolic OH excluding ortho intramolecular Hbond substituents is 1. The summed E-state index contributed by atoms with van der Waals surface area (Å²) in [5.74, 6) is -2.91. The Morgan fingerprint density at radius 3 is 2.52 bits per heavy atom. The summed E-state index contributed by atoms with van der Waals surface area (Å²) in [6, 6.07) is 15.5. The number of aromatic nitrogens is 1. The van der Waals surface area contributed by atoms with Crippen molar-refractivity contribution in [2.45, 2.75) is 70.9 Å². The standard InChI is InChI=1S/C43H48N6O9/c1-5-9-33(50)47-36(29-23-30(43(2,3)4)27-13-8-17-44-37(27)38(29)52)25-10-6-11-26(22-25)39(53)45-18-19-57-20-21-58-24-46-31-14-7-12-28-35(31)42(56)49(41(28)55)32-15-16-34(51)48-40(32)54/h6-8,10-14,17,22-23,32,36,46,52H,5,9,15-16,18-21,24H2,1-4H3,(H,45,53)(H,47,50)(H,48,51,54). The molecule has 0 aliphatic carbocycles. The summed E-state index contributed by atoms with van der Waals surface area (Å²) in [5, 5.41) is 23.5. The van der Waals surface area contributed by atoms with E-state index in [9.17, 15) is 33.9 Å². The van der Waals surface area contributed by atoms with Gasteiger partial charge in [0, 0.05) is 47.8 Å². The van der Waals surface area contributed by atoms with Crippen LogP contribution in [0.1, 0.15) is 107 Å². The number of pyridine rings is 1. The van der Waals surface area contributed by atoms with Crippen LogP contribution in [0.25, 0.3) is 10.9 Å². The molecule has 5 N–H and O–H groups in total. The largest absolute Gasteiger partial charge is 0.505 e. The fourth-order valence-electron chi connectivity index (χ4n) is 7.17. The van der Waals surface area contributed by atoms with Crippen LogP contribution in [0.4, 0.5) is 5.69 Å². The number of phenols is 1. The molecule has 3 aromatic carbocycles. The van der Waals surface area contributed by atoms with Gasteiger partial charge in [0.25, 0.3) is 17.7 Å². The summed E-state index contributed by atoms with van der Waals surface area (Å²) < 4.78 is 11.2. The molecule has 2 atom stereocenters. The molecule has 6 rings (SSSR count). The number of benzene rings is 3. The van der Waals surface area contributed by atoms with Gasteiger partial charge in [-0.25, -0.2) is 0 Å². The van der Waals surface area contributed by atoms with Crippen molar-refractivity contribution < 1.29 is 43.3 Å². The van der Waals surface area contributed by atoms with Crippen molar-refractivity contribution in [2.75, 3.05) is 38.4 Å². The molecule has 0 spiro atoms. The molecular weight excluding hydrogens is 745 g/mol. The van der Waals surface area contributed by atoms with E-state index in [1.165, 1.54) is 6.07 Å². The Labute approximate surface area is 335 Å².